The first kappa shape index (κ1) is 17.1. The van der Waals surface area contributed by atoms with Crippen LogP contribution in [-0.2, 0) is 16.0 Å². The molecule has 0 bridgehead atoms. The van der Waals surface area contributed by atoms with Crippen molar-refractivity contribution < 1.29 is 19.8 Å². The van der Waals surface area contributed by atoms with Gasteiger partial charge in [0.1, 0.15) is 12.1 Å². The second-order valence-corrected chi connectivity index (χ2v) is 4.00. The summed E-state index contributed by atoms with van der Waals surface area (Å²) in [4.78, 5) is 20.2. The number of benzene rings is 1. The standard InChI is InChI=1S/C10H13NO2.C3H7NO2/c1-11-9(10(12)13)7-8-5-3-2-4-6-8;1-2(4)3(5)6/h2-6,9,11H,7H2,1H3,(H,12,13);2H,4H2,1H3,(H,5,6)/t9-;2-/m00/s1. The molecule has 0 aliphatic rings. The molecule has 19 heavy (non-hydrogen) atoms. The average molecular weight is 268 g/mol. The van der Waals surface area contributed by atoms with E-state index in [1.807, 2.05) is 30.3 Å². The van der Waals surface area contributed by atoms with Gasteiger partial charge in [-0.1, -0.05) is 30.3 Å². The summed E-state index contributed by atoms with van der Waals surface area (Å²) in [5.41, 5.74) is 5.87. The molecule has 0 aromatic heterocycles. The minimum Gasteiger partial charge on any atom is -0.480 e. The highest BCUT2D eigenvalue weighted by molar-refractivity contribution is 5.73. The number of carbonyl (C=O) groups is 2. The Kier molecular flexibility index (Phi) is 8.15. The second-order valence-electron chi connectivity index (χ2n) is 4.00. The normalized spacial score (nSPS) is 12.8. The van der Waals surface area contributed by atoms with E-state index in [0.29, 0.717) is 6.42 Å². The number of hydrogen-bond donors (Lipinski definition) is 4. The van der Waals surface area contributed by atoms with Gasteiger partial charge in [-0.05, 0) is 26.0 Å². The van der Waals surface area contributed by atoms with Gasteiger partial charge in [-0.25, -0.2) is 0 Å². The molecule has 106 valence electrons. The molecule has 0 saturated heterocycles. The number of aliphatic carboxylic acids is 2. The fourth-order valence-electron chi connectivity index (χ4n) is 1.16. The van der Waals surface area contributed by atoms with Crippen molar-refractivity contribution in [3.63, 3.8) is 0 Å². The van der Waals surface area contributed by atoms with Crippen LogP contribution in [0.4, 0.5) is 0 Å². The van der Waals surface area contributed by atoms with Crippen molar-refractivity contribution >= 4 is 11.9 Å². The topological polar surface area (TPSA) is 113 Å². The predicted molar refractivity (Wildman–Crippen MR) is 71.9 cm³/mol. The Morgan fingerprint density at radius 3 is 2.00 bits per heavy atom. The smallest absolute Gasteiger partial charge is 0.321 e. The number of carboxylic acids is 2. The van der Waals surface area contributed by atoms with E-state index in [-0.39, 0.29) is 0 Å². The number of nitrogens with one attached hydrogen (secondary N) is 1. The lowest BCUT2D eigenvalue weighted by molar-refractivity contribution is -0.139. The van der Waals surface area contributed by atoms with Crippen molar-refractivity contribution in [2.24, 2.45) is 5.73 Å². The van der Waals surface area contributed by atoms with Crippen LogP contribution in [-0.4, -0.2) is 41.3 Å². The molecular weight excluding hydrogens is 248 g/mol. The second kappa shape index (κ2) is 9.07. The van der Waals surface area contributed by atoms with Crippen molar-refractivity contribution in [2.75, 3.05) is 7.05 Å². The lowest BCUT2D eigenvalue weighted by Gasteiger charge is -2.10. The maximum Gasteiger partial charge on any atom is 0.321 e. The van der Waals surface area contributed by atoms with Crippen LogP contribution >= 0.6 is 0 Å². The van der Waals surface area contributed by atoms with Crippen LogP contribution in [0.1, 0.15) is 12.5 Å². The molecule has 6 nitrogen and oxygen atoms in total. The first-order valence-electron chi connectivity index (χ1n) is 5.80. The van der Waals surface area contributed by atoms with Gasteiger partial charge in [0.25, 0.3) is 0 Å². The molecule has 2 atom stereocenters. The van der Waals surface area contributed by atoms with Gasteiger partial charge in [0.15, 0.2) is 0 Å². The molecule has 0 amide bonds. The lowest BCUT2D eigenvalue weighted by Crippen LogP contribution is -2.35. The summed E-state index contributed by atoms with van der Waals surface area (Å²) in [5, 5.41) is 19.4. The SMILES string of the molecule is CN[C@@H](Cc1ccccc1)C(=O)O.C[C@H](N)C(=O)O. The Morgan fingerprint density at radius 2 is 1.68 bits per heavy atom. The Morgan fingerprint density at radius 1 is 1.21 bits per heavy atom. The maximum absolute atomic E-state index is 10.7. The van der Waals surface area contributed by atoms with Gasteiger partial charge in [0, 0.05) is 0 Å². The van der Waals surface area contributed by atoms with Crippen LogP contribution in [0.3, 0.4) is 0 Å². The molecule has 1 aromatic rings. The van der Waals surface area contributed by atoms with Crippen LogP contribution in [0, 0.1) is 0 Å². The molecule has 1 rings (SSSR count). The zero-order valence-electron chi connectivity index (χ0n) is 11.0. The third-order valence-corrected chi connectivity index (χ3v) is 2.32. The molecule has 0 aliphatic heterocycles. The van der Waals surface area contributed by atoms with E-state index in [1.165, 1.54) is 6.92 Å². The third-order valence-electron chi connectivity index (χ3n) is 2.32. The molecule has 0 spiro atoms. The fraction of sp³-hybridized carbons (Fsp3) is 0.385. The van der Waals surface area contributed by atoms with Crippen LogP contribution in [0.5, 0.6) is 0 Å². The molecule has 0 aliphatic carbocycles. The van der Waals surface area contributed by atoms with Crippen LogP contribution in [0.25, 0.3) is 0 Å². The summed E-state index contributed by atoms with van der Waals surface area (Å²) in [6.07, 6.45) is 0.521. The maximum atomic E-state index is 10.7. The highest BCUT2D eigenvalue weighted by atomic mass is 16.4. The molecule has 0 radical (unpaired) electrons. The molecule has 0 heterocycles. The van der Waals surface area contributed by atoms with Crippen molar-refractivity contribution in [1.29, 1.82) is 0 Å². The quantitative estimate of drug-likeness (QED) is 0.611. The number of rotatable bonds is 5. The zero-order valence-corrected chi connectivity index (χ0v) is 11.0. The Bertz CT molecular complexity index is 393. The van der Waals surface area contributed by atoms with Crippen molar-refractivity contribution in [2.45, 2.75) is 25.4 Å². The van der Waals surface area contributed by atoms with E-state index < -0.39 is 24.0 Å². The predicted octanol–water partition coefficient (Wildman–Crippen LogP) is 0.320. The van der Waals surface area contributed by atoms with Crippen molar-refractivity contribution in [3.05, 3.63) is 35.9 Å². The van der Waals surface area contributed by atoms with Gasteiger partial charge >= 0.3 is 11.9 Å². The number of likely N-dealkylation sites (N-methyl/N-ethyl adjacent to an activating group) is 1. The van der Waals surface area contributed by atoms with Gasteiger partial charge in [0.2, 0.25) is 0 Å². The largest absolute Gasteiger partial charge is 0.480 e. The number of nitrogens with two attached hydrogens (primary N) is 1. The van der Waals surface area contributed by atoms with Crippen molar-refractivity contribution in [3.8, 4) is 0 Å². The fourth-order valence-corrected chi connectivity index (χ4v) is 1.16. The van der Waals surface area contributed by atoms with E-state index in [9.17, 15) is 9.59 Å². The lowest BCUT2D eigenvalue weighted by atomic mass is 10.1. The van der Waals surface area contributed by atoms with Crippen LogP contribution in [0.2, 0.25) is 0 Å². The number of hydrogen-bond acceptors (Lipinski definition) is 4. The molecule has 6 heteroatoms. The van der Waals surface area contributed by atoms with Crippen LogP contribution in [0.15, 0.2) is 30.3 Å². The molecule has 0 fully saturated rings. The van der Waals surface area contributed by atoms with E-state index in [2.05, 4.69) is 5.32 Å². The molecule has 0 saturated carbocycles. The summed E-state index contributed by atoms with van der Waals surface area (Å²) < 4.78 is 0. The number of carboxylic acid groups (broad SMARTS) is 2. The average Bonchev–Trinajstić information content (AvgIpc) is 2.37. The minimum absolute atomic E-state index is 0.498. The molecular formula is C13H20N2O4. The van der Waals surface area contributed by atoms with E-state index in [4.69, 9.17) is 15.9 Å². The first-order chi connectivity index (χ1) is 8.88. The summed E-state index contributed by atoms with van der Waals surface area (Å²) in [5.74, 6) is -1.78. The summed E-state index contributed by atoms with van der Waals surface area (Å²) in [6.45, 7) is 1.42. The Hall–Kier alpha value is -1.92. The van der Waals surface area contributed by atoms with Gasteiger partial charge in [0.05, 0.1) is 0 Å². The third kappa shape index (κ3) is 7.91. The van der Waals surface area contributed by atoms with Gasteiger partial charge < -0.3 is 21.3 Å². The summed E-state index contributed by atoms with van der Waals surface area (Å²) in [6, 6.07) is 8.35. The van der Waals surface area contributed by atoms with Crippen LogP contribution < -0.4 is 11.1 Å². The van der Waals surface area contributed by atoms with Gasteiger partial charge in [-0.3, -0.25) is 9.59 Å². The zero-order chi connectivity index (χ0) is 14.8. The minimum atomic E-state index is -0.963. The summed E-state index contributed by atoms with van der Waals surface area (Å²) >= 11 is 0. The monoisotopic (exact) mass is 268 g/mol. The van der Waals surface area contributed by atoms with Crippen molar-refractivity contribution in [1.82, 2.24) is 5.32 Å². The van der Waals surface area contributed by atoms with Gasteiger partial charge in [-0.15, -0.1) is 0 Å². The molecule has 5 N–H and O–H groups in total. The highest BCUT2D eigenvalue weighted by Crippen LogP contribution is 2.02. The van der Waals surface area contributed by atoms with Gasteiger partial charge in [-0.2, -0.15) is 0 Å². The molecule has 0 unspecified atom stereocenters. The van der Waals surface area contributed by atoms with E-state index in [0.717, 1.165) is 5.56 Å². The summed E-state index contributed by atoms with van der Waals surface area (Å²) in [7, 11) is 1.65. The van der Waals surface area contributed by atoms with E-state index >= 15 is 0 Å². The first-order valence-corrected chi connectivity index (χ1v) is 5.80. The Balaban J connectivity index is 0.000000459. The highest BCUT2D eigenvalue weighted by Gasteiger charge is 2.14. The Labute approximate surface area is 112 Å². The van der Waals surface area contributed by atoms with E-state index in [1.54, 1.807) is 7.05 Å². The molecule has 1 aromatic carbocycles.